The fourth-order valence-corrected chi connectivity index (χ4v) is 4.51. The molecular formula is C20H19BrN2OS2. The highest BCUT2D eigenvalue weighted by molar-refractivity contribution is 9.10. The average molecular weight is 447 g/mol. The molecule has 1 amide bonds. The van der Waals surface area contributed by atoms with Crippen molar-refractivity contribution in [2.75, 3.05) is 4.90 Å². The minimum atomic E-state index is -0.0317. The van der Waals surface area contributed by atoms with E-state index in [1.54, 1.807) is 23.6 Å². The molecule has 3 nitrogen and oxygen atoms in total. The van der Waals surface area contributed by atoms with E-state index < -0.39 is 0 Å². The lowest BCUT2D eigenvalue weighted by Crippen LogP contribution is -2.22. The number of aromatic nitrogens is 1. The smallest absolute Gasteiger partial charge is 0.230 e. The predicted octanol–water partition coefficient (Wildman–Crippen LogP) is 6.44. The van der Waals surface area contributed by atoms with Gasteiger partial charge in [0.25, 0.3) is 0 Å². The van der Waals surface area contributed by atoms with Crippen molar-refractivity contribution in [1.29, 1.82) is 0 Å². The summed E-state index contributed by atoms with van der Waals surface area (Å²) in [5.41, 5.74) is 3.09. The molecule has 0 atom stereocenters. The Morgan fingerprint density at radius 2 is 1.85 bits per heavy atom. The van der Waals surface area contributed by atoms with Crippen LogP contribution < -0.4 is 4.90 Å². The van der Waals surface area contributed by atoms with E-state index in [0.717, 1.165) is 28.0 Å². The molecule has 0 N–H and O–H groups in total. The zero-order valence-corrected chi connectivity index (χ0v) is 17.8. The van der Waals surface area contributed by atoms with Gasteiger partial charge in [-0.25, -0.2) is 4.98 Å². The van der Waals surface area contributed by atoms with Gasteiger partial charge in [-0.05, 0) is 48.4 Å². The number of nitrogens with zero attached hydrogens (tertiary/aromatic N) is 2. The van der Waals surface area contributed by atoms with E-state index >= 15 is 0 Å². The van der Waals surface area contributed by atoms with Crippen LogP contribution in [0.15, 0.2) is 63.3 Å². The molecule has 0 spiro atoms. The molecule has 0 fully saturated rings. The summed E-state index contributed by atoms with van der Waals surface area (Å²) in [5, 5.41) is 2.74. The number of thiazole rings is 1. The molecule has 0 aliphatic heterocycles. The first kappa shape index (κ1) is 19.1. The molecule has 2 aromatic carbocycles. The van der Waals surface area contributed by atoms with Crippen molar-refractivity contribution in [2.24, 2.45) is 0 Å². The molecule has 0 unspecified atom stereocenters. The van der Waals surface area contributed by atoms with Gasteiger partial charge in [-0.15, -0.1) is 23.1 Å². The van der Waals surface area contributed by atoms with Crippen molar-refractivity contribution in [3.8, 4) is 0 Å². The Kier molecular flexibility index (Phi) is 6.51. The SMILES string of the molecule is CCc1ccc(N(C(C)=O)c2nc(CSc3ccc(Br)cc3)cs2)cc1. The summed E-state index contributed by atoms with van der Waals surface area (Å²) in [6, 6.07) is 16.3. The highest BCUT2D eigenvalue weighted by Gasteiger charge is 2.18. The van der Waals surface area contributed by atoms with Gasteiger partial charge in [0.05, 0.1) is 11.4 Å². The number of hydrogen-bond donors (Lipinski definition) is 0. The van der Waals surface area contributed by atoms with Crippen LogP contribution >= 0.6 is 39.0 Å². The molecule has 3 rings (SSSR count). The van der Waals surface area contributed by atoms with E-state index in [1.165, 1.54) is 21.8 Å². The second kappa shape index (κ2) is 8.84. The van der Waals surface area contributed by atoms with Crippen molar-refractivity contribution in [3.05, 3.63) is 69.6 Å². The third kappa shape index (κ3) is 4.75. The second-order valence-electron chi connectivity index (χ2n) is 5.74. The number of anilines is 2. The normalized spacial score (nSPS) is 10.7. The number of aryl methyl sites for hydroxylation is 1. The fourth-order valence-electron chi connectivity index (χ4n) is 2.46. The summed E-state index contributed by atoms with van der Waals surface area (Å²) in [6.45, 7) is 3.69. The van der Waals surface area contributed by atoms with Crippen LogP contribution in [-0.4, -0.2) is 10.9 Å². The van der Waals surface area contributed by atoms with Crippen molar-refractivity contribution >= 4 is 55.8 Å². The van der Waals surface area contributed by atoms with E-state index in [0.29, 0.717) is 5.13 Å². The lowest BCUT2D eigenvalue weighted by molar-refractivity contribution is -0.115. The van der Waals surface area contributed by atoms with Gasteiger partial charge in [-0.2, -0.15) is 0 Å². The lowest BCUT2D eigenvalue weighted by Gasteiger charge is -2.18. The molecule has 1 heterocycles. The number of halogens is 1. The topological polar surface area (TPSA) is 33.2 Å². The number of amides is 1. The first-order valence-corrected chi connectivity index (χ1v) is 10.9. The van der Waals surface area contributed by atoms with Crippen LogP contribution in [0.25, 0.3) is 0 Å². The first-order chi connectivity index (χ1) is 12.6. The van der Waals surface area contributed by atoms with Crippen LogP contribution in [0, 0.1) is 0 Å². The van der Waals surface area contributed by atoms with Crippen LogP contribution in [0.3, 0.4) is 0 Å². The predicted molar refractivity (Wildman–Crippen MR) is 114 cm³/mol. The summed E-state index contributed by atoms with van der Waals surface area (Å²) in [7, 11) is 0. The summed E-state index contributed by atoms with van der Waals surface area (Å²) < 4.78 is 1.07. The molecule has 0 radical (unpaired) electrons. The number of hydrogen-bond acceptors (Lipinski definition) is 4. The standard InChI is InChI=1S/C20H19BrN2OS2/c1-3-15-4-8-18(9-5-15)23(14(2)24)20-22-17(13-26-20)12-25-19-10-6-16(21)7-11-19/h4-11,13H,3,12H2,1-2H3. The highest BCUT2D eigenvalue weighted by Crippen LogP contribution is 2.31. The molecule has 0 bridgehead atoms. The van der Waals surface area contributed by atoms with Crippen molar-refractivity contribution in [1.82, 2.24) is 4.98 Å². The number of rotatable bonds is 6. The number of carbonyl (C=O) groups is 1. The van der Waals surface area contributed by atoms with Gasteiger partial charge in [0, 0.05) is 27.4 Å². The Bertz CT molecular complexity index is 876. The van der Waals surface area contributed by atoms with Gasteiger partial charge in [0.15, 0.2) is 5.13 Å². The number of thioether (sulfide) groups is 1. The maximum atomic E-state index is 12.2. The Balaban J connectivity index is 1.74. The average Bonchev–Trinajstić information content (AvgIpc) is 3.10. The maximum absolute atomic E-state index is 12.2. The lowest BCUT2D eigenvalue weighted by atomic mass is 10.1. The monoisotopic (exact) mass is 446 g/mol. The van der Waals surface area contributed by atoms with Gasteiger partial charge in [-0.3, -0.25) is 9.69 Å². The van der Waals surface area contributed by atoms with Gasteiger partial charge < -0.3 is 0 Å². The van der Waals surface area contributed by atoms with Crippen LogP contribution in [0.4, 0.5) is 10.8 Å². The summed E-state index contributed by atoms with van der Waals surface area (Å²) in [5.74, 6) is 0.745. The Morgan fingerprint density at radius 1 is 1.15 bits per heavy atom. The molecule has 6 heteroatoms. The molecule has 134 valence electrons. The van der Waals surface area contributed by atoms with Crippen LogP contribution in [0.2, 0.25) is 0 Å². The largest absolute Gasteiger partial charge is 0.274 e. The fraction of sp³-hybridized carbons (Fsp3) is 0.200. The third-order valence-corrected chi connectivity index (χ3v) is 6.30. The molecule has 0 saturated carbocycles. The maximum Gasteiger partial charge on any atom is 0.230 e. The number of benzene rings is 2. The Morgan fingerprint density at radius 3 is 2.46 bits per heavy atom. The van der Waals surface area contributed by atoms with Crippen LogP contribution in [-0.2, 0) is 17.0 Å². The molecule has 1 aromatic heterocycles. The van der Waals surface area contributed by atoms with Gasteiger partial charge in [0.1, 0.15) is 0 Å². The second-order valence-corrected chi connectivity index (χ2v) is 8.54. The van der Waals surface area contributed by atoms with E-state index in [4.69, 9.17) is 0 Å². The van der Waals surface area contributed by atoms with E-state index in [-0.39, 0.29) is 5.91 Å². The Hall–Kier alpha value is -1.63. The minimum absolute atomic E-state index is 0.0317. The first-order valence-electron chi connectivity index (χ1n) is 8.29. The van der Waals surface area contributed by atoms with E-state index in [9.17, 15) is 4.79 Å². The summed E-state index contributed by atoms with van der Waals surface area (Å²) in [6.07, 6.45) is 0.981. The number of carbonyl (C=O) groups excluding carboxylic acids is 1. The molecule has 0 aliphatic carbocycles. The van der Waals surface area contributed by atoms with Crippen molar-refractivity contribution < 1.29 is 4.79 Å². The molecule has 0 aliphatic rings. The third-order valence-electron chi connectivity index (χ3n) is 3.85. The van der Waals surface area contributed by atoms with Crippen LogP contribution in [0.1, 0.15) is 25.1 Å². The zero-order valence-electron chi connectivity index (χ0n) is 14.6. The van der Waals surface area contributed by atoms with Gasteiger partial charge in [-0.1, -0.05) is 35.0 Å². The zero-order chi connectivity index (χ0) is 18.5. The molecule has 26 heavy (non-hydrogen) atoms. The summed E-state index contributed by atoms with van der Waals surface area (Å²) in [4.78, 5) is 19.8. The van der Waals surface area contributed by atoms with Gasteiger partial charge >= 0.3 is 0 Å². The van der Waals surface area contributed by atoms with E-state index in [2.05, 4.69) is 52.1 Å². The van der Waals surface area contributed by atoms with E-state index in [1.807, 2.05) is 29.6 Å². The highest BCUT2D eigenvalue weighted by atomic mass is 79.9. The Labute approximate surface area is 170 Å². The van der Waals surface area contributed by atoms with Gasteiger partial charge in [0.2, 0.25) is 5.91 Å². The summed E-state index contributed by atoms with van der Waals surface area (Å²) >= 11 is 6.69. The molecule has 0 saturated heterocycles. The molecular weight excluding hydrogens is 428 g/mol. The molecule has 3 aromatic rings. The quantitative estimate of drug-likeness (QED) is 0.408. The minimum Gasteiger partial charge on any atom is -0.274 e. The van der Waals surface area contributed by atoms with Crippen LogP contribution in [0.5, 0.6) is 0 Å². The van der Waals surface area contributed by atoms with Crippen molar-refractivity contribution in [3.63, 3.8) is 0 Å². The van der Waals surface area contributed by atoms with Crippen molar-refractivity contribution in [2.45, 2.75) is 30.9 Å².